The number of ether oxygens (including phenoxy) is 1. The third kappa shape index (κ3) is 5.76. The molecule has 0 bridgehead atoms. The van der Waals surface area contributed by atoms with Crippen molar-refractivity contribution in [2.24, 2.45) is 0 Å². The highest BCUT2D eigenvalue weighted by atomic mass is 32.2. The van der Waals surface area contributed by atoms with Gasteiger partial charge in [-0.3, -0.25) is 20.4 Å². The van der Waals surface area contributed by atoms with Gasteiger partial charge in [-0.05, 0) is 45.0 Å². The fourth-order valence-electron chi connectivity index (χ4n) is 1.99. The maximum atomic E-state index is 12.8. The molecule has 0 fully saturated rings. The Labute approximate surface area is 154 Å². The fourth-order valence-corrected chi connectivity index (χ4v) is 2.97. The monoisotopic (exact) mass is 381 g/mol. The number of aromatic nitrogens is 1. The molecule has 2 rings (SSSR count). The van der Waals surface area contributed by atoms with Crippen molar-refractivity contribution in [3.8, 4) is 5.75 Å². The van der Waals surface area contributed by atoms with Crippen LogP contribution in [-0.2, 0) is 15.3 Å². The largest absolute Gasteiger partial charge is 0.481 e. The number of amides is 2. The summed E-state index contributed by atoms with van der Waals surface area (Å²) in [6, 6.07) is 5.31. The Morgan fingerprint density at radius 1 is 1.27 bits per heavy atom. The van der Waals surface area contributed by atoms with Gasteiger partial charge in [0.2, 0.25) is 5.91 Å². The zero-order valence-electron chi connectivity index (χ0n) is 14.7. The van der Waals surface area contributed by atoms with Crippen LogP contribution >= 0.6 is 11.8 Å². The number of hydrogen-bond acceptors (Lipinski definition) is 6. The third-order valence-corrected chi connectivity index (χ3v) is 4.44. The van der Waals surface area contributed by atoms with Crippen molar-refractivity contribution < 1.29 is 23.2 Å². The van der Waals surface area contributed by atoms with E-state index in [1.54, 1.807) is 0 Å². The quantitative estimate of drug-likeness (QED) is 0.715. The SMILES string of the molecule is Cc1noc(C)c1CSCC(=O)NNC(=O)C(C)Oc1ccc(F)cc1. The minimum atomic E-state index is -0.851. The molecule has 0 aliphatic rings. The minimum absolute atomic E-state index is 0.164. The molecular weight excluding hydrogens is 361 g/mol. The second-order valence-corrected chi connectivity index (χ2v) is 6.53. The molecule has 26 heavy (non-hydrogen) atoms. The number of thioether (sulfide) groups is 1. The Morgan fingerprint density at radius 2 is 1.96 bits per heavy atom. The van der Waals surface area contributed by atoms with Crippen molar-refractivity contribution in [2.75, 3.05) is 5.75 Å². The summed E-state index contributed by atoms with van der Waals surface area (Å²) in [6.45, 7) is 5.19. The van der Waals surface area contributed by atoms with Crippen molar-refractivity contribution in [1.29, 1.82) is 0 Å². The Kier molecular flexibility index (Phi) is 7.02. The van der Waals surface area contributed by atoms with Crippen LogP contribution in [0.1, 0.15) is 23.9 Å². The van der Waals surface area contributed by atoms with Crippen molar-refractivity contribution in [3.05, 3.63) is 47.1 Å². The van der Waals surface area contributed by atoms with Gasteiger partial charge in [-0.15, -0.1) is 11.8 Å². The molecule has 9 heteroatoms. The van der Waals surface area contributed by atoms with Gasteiger partial charge in [-0.1, -0.05) is 5.16 Å². The number of nitrogens with zero attached hydrogens (tertiary/aromatic N) is 1. The number of rotatable bonds is 7. The molecule has 0 radical (unpaired) electrons. The Morgan fingerprint density at radius 3 is 2.58 bits per heavy atom. The van der Waals surface area contributed by atoms with Gasteiger partial charge in [-0.2, -0.15) is 0 Å². The standard InChI is InChI=1S/C17H20FN3O4S/c1-10-15(11(2)25-21-10)8-26-9-16(22)19-20-17(23)12(3)24-14-6-4-13(18)5-7-14/h4-7,12H,8-9H2,1-3H3,(H,19,22)(H,20,23). The first-order chi connectivity index (χ1) is 12.4. The van der Waals surface area contributed by atoms with Gasteiger partial charge in [0.1, 0.15) is 17.3 Å². The van der Waals surface area contributed by atoms with Crippen molar-refractivity contribution in [1.82, 2.24) is 16.0 Å². The van der Waals surface area contributed by atoms with E-state index in [1.807, 2.05) is 13.8 Å². The van der Waals surface area contributed by atoms with Crippen LogP contribution in [0, 0.1) is 19.7 Å². The highest BCUT2D eigenvalue weighted by Crippen LogP contribution is 2.19. The molecule has 2 amide bonds. The summed E-state index contributed by atoms with van der Waals surface area (Å²) in [5.74, 6) is 0.591. The summed E-state index contributed by atoms with van der Waals surface area (Å²) in [5.41, 5.74) is 6.39. The zero-order valence-corrected chi connectivity index (χ0v) is 15.5. The molecule has 1 atom stereocenters. The highest BCUT2D eigenvalue weighted by Gasteiger charge is 2.16. The number of hydrogen-bond donors (Lipinski definition) is 2. The summed E-state index contributed by atoms with van der Waals surface area (Å²) in [4.78, 5) is 23.7. The summed E-state index contributed by atoms with van der Waals surface area (Å²) in [6.07, 6.45) is -0.851. The molecule has 1 aromatic carbocycles. The lowest BCUT2D eigenvalue weighted by Gasteiger charge is -2.15. The van der Waals surface area contributed by atoms with E-state index in [4.69, 9.17) is 9.26 Å². The van der Waals surface area contributed by atoms with E-state index in [0.29, 0.717) is 11.5 Å². The number of aryl methyl sites for hydroxylation is 2. The number of carbonyl (C=O) groups excluding carboxylic acids is 2. The summed E-state index contributed by atoms with van der Waals surface area (Å²) in [5, 5.41) is 3.85. The Balaban J connectivity index is 1.69. The first-order valence-electron chi connectivity index (χ1n) is 7.87. The van der Waals surface area contributed by atoms with E-state index >= 15 is 0 Å². The first kappa shape index (κ1) is 19.8. The van der Waals surface area contributed by atoms with E-state index in [-0.39, 0.29) is 11.7 Å². The predicted octanol–water partition coefficient (Wildman–Crippen LogP) is 2.28. The Bertz CT molecular complexity index is 744. The number of carbonyl (C=O) groups is 2. The van der Waals surface area contributed by atoms with Gasteiger partial charge in [0, 0.05) is 11.3 Å². The summed E-state index contributed by atoms with van der Waals surface area (Å²) < 4.78 is 23.3. The van der Waals surface area contributed by atoms with Crippen LogP contribution in [0.3, 0.4) is 0 Å². The van der Waals surface area contributed by atoms with Crippen molar-refractivity contribution in [3.63, 3.8) is 0 Å². The van der Waals surface area contributed by atoms with Gasteiger partial charge in [-0.25, -0.2) is 4.39 Å². The normalized spacial score (nSPS) is 11.7. The molecular formula is C17H20FN3O4S. The lowest BCUT2D eigenvalue weighted by molar-refractivity contribution is -0.131. The van der Waals surface area contributed by atoms with Gasteiger partial charge in [0.15, 0.2) is 6.10 Å². The maximum absolute atomic E-state index is 12.8. The third-order valence-electron chi connectivity index (χ3n) is 3.48. The molecule has 7 nitrogen and oxygen atoms in total. The summed E-state index contributed by atoms with van der Waals surface area (Å²) in [7, 11) is 0. The molecule has 0 aliphatic heterocycles. The van der Waals surface area contributed by atoms with Crippen molar-refractivity contribution >= 4 is 23.6 Å². The molecule has 1 unspecified atom stereocenters. The van der Waals surface area contributed by atoms with Crippen LogP contribution in [0.2, 0.25) is 0 Å². The number of hydrazine groups is 1. The van der Waals surface area contributed by atoms with E-state index in [2.05, 4.69) is 16.0 Å². The zero-order chi connectivity index (χ0) is 19.1. The predicted molar refractivity (Wildman–Crippen MR) is 94.9 cm³/mol. The molecule has 2 N–H and O–H groups in total. The number of nitrogens with one attached hydrogen (secondary N) is 2. The molecule has 2 aromatic rings. The van der Waals surface area contributed by atoms with Gasteiger partial charge in [0.05, 0.1) is 11.4 Å². The average Bonchev–Trinajstić information content (AvgIpc) is 2.93. The highest BCUT2D eigenvalue weighted by molar-refractivity contribution is 7.99. The molecule has 140 valence electrons. The van der Waals surface area contributed by atoms with E-state index in [9.17, 15) is 14.0 Å². The number of benzene rings is 1. The van der Waals surface area contributed by atoms with Crippen LogP contribution in [0.25, 0.3) is 0 Å². The number of halogens is 1. The van der Waals surface area contributed by atoms with Crippen LogP contribution in [-0.4, -0.2) is 28.8 Å². The van der Waals surface area contributed by atoms with Gasteiger partial charge >= 0.3 is 0 Å². The van der Waals surface area contributed by atoms with Gasteiger partial charge < -0.3 is 9.26 Å². The second kappa shape index (κ2) is 9.23. The minimum Gasteiger partial charge on any atom is -0.481 e. The molecule has 1 heterocycles. The first-order valence-corrected chi connectivity index (χ1v) is 9.02. The van der Waals surface area contributed by atoms with Crippen LogP contribution in [0.15, 0.2) is 28.8 Å². The summed E-state index contributed by atoms with van der Waals surface area (Å²) >= 11 is 1.38. The second-order valence-electron chi connectivity index (χ2n) is 5.55. The molecule has 0 aliphatic carbocycles. The molecule has 1 aromatic heterocycles. The molecule has 0 spiro atoms. The van der Waals surface area contributed by atoms with Gasteiger partial charge in [0.25, 0.3) is 5.91 Å². The van der Waals surface area contributed by atoms with E-state index in [0.717, 1.165) is 17.0 Å². The smallest absolute Gasteiger partial charge is 0.279 e. The van der Waals surface area contributed by atoms with Crippen LogP contribution in [0.5, 0.6) is 5.75 Å². The lowest BCUT2D eigenvalue weighted by Crippen LogP contribution is -2.47. The lowest BCUT2D eigenvalue weighted by atomic mass is 10.2. The van der Waals surface area contributed by atoms with Crippen LogP contribution < -0.4 is 15.6 Å². The van der Waals surface area contributed by atoms with Crippen LogP contribution in [0.4, 0.5) is 4.39 Å². The van der Waals surface area contributed by atoms with E-state index < -0.39 is 17.8 Å². The molecule has 0 saturated heterocycles. The average molecular weight is 381 g/mol. The Hall–Kier alpha value is -2.55. The maximum Gasteiger partial charge on any atom is 0.279 e. The molecule has 0 saturated carbocycles. The van der Waals surface area contributed by atoms with E-state index in [1.165, 1.54) is 43.0 Å². The topological polar surface area (TPSA) is 93.5 Å². The fraction of sp³-hybridized carbons (Fsp3) is 0.353. The van der Waals surface area contributed by atoms with Crippen molar-refractivity contribution in [2.45, 2.75) is 32.6 Å².